The smallest absolute Gasteiger partial charge is 0.335 e. The summed E-state index contributed by atoms with van der Waals surface area (Å²) in [5.41, 5.74) is 5.36. The molecule has 8 nitrogen and oxygen atoms in total. The highest BCUT2D eigenvalue weighted by Gasteiger charge is 1.97. The van der Waals surface area contributed by atoms with Gasteiger partial charge in [-0.2, -0.15) is 0 Å². The van der Waals surface area contributed by atoms with Gasteiger partial charge in [0.2, 0.25) is 0 Å². The summed E-state index contributed by atoms with van der Waals surface area (Å²) in [7, 11) is 0. The quantitative estimate of drug-likeness (QED) is 0.236. The zero-order valence-electron chi connectivity index (χ0n) is 22.5. The first-order chi connectivity index (χ1) is 20.5. The van der Waals surface area contributed by atoms with Crippen molar-refractivity contribution in [2.24, 2.45) is 0 Å². The topological polar surface area (TPSA) is 126 Å². The predicted molar refractivity (Wildman–Crippen MR) is 162 cm³/mol. The zero-order chi connectivity index (χ0) is 29.8. The minimum Gasteiger partial charge on any atom is -0.478 e. The highest BCUT2D eigenvalue weighted by molar-refractivity contribution is 5.87. The number of aromatic nitrogens is 4. The number of hydrogen-bond donors (Lipinski definition) is 2. The second-order valence-electron chi connectivity index (χ2n) is 8.29. The van der Waals surface area contributed by atoms with Gasteiger partial charge in [-0.05, 0) is 95.1 Å². The number of carboxylic acids is 2. The van der Waals surface area contributed by atoms with E-state index in [2.05, 4.69) is 19.9 Å². The van der Waals surface area contributed by atoms with Gasteiger partial charge >= 0.3 is 11.9 Å². The van der Waals surface area contributed by atoms with Gasteiger partial charge in [0.25, 0.3) is 0 Å². The fraction of sp³-hybridized carbons (Fsp3) is 0. The van der Waals surface area contributed by atoms with Gasteiger partial charge in [-0.1, -0.05) is 36.4 Å². The van der Waals surface area contributed by atoms with Gasteiger partial charge in [-0.25, -0.2) is 9.59 Å². The van der Waals surface area contributed by atoms with E-state index in [1.54, 1.807) is 110 Å². The van der Waals surface area contributed by atoms with Crippen LogP contribution in [0.1, 0.15) is 20.7 Å². The second kappa shape index (κ2) is 17.5. The largest absolute Gasteiger partial charge is 0.478 e. The maximum Gasteiger partial charge on any atom is 0.335 e. The standard InChI is InChI=1S/2C10H8N2.2C7H6O2/c2*1-5-11-6-2-9(1)10-3-7-12-8-4-10;2*8-7(9)6-4-2-1-3-5-6/h2*1-8H;2*1-5H,(H,8,9). The molecule has 0 aliphatic carbocycles. The van der Waals surface area contributed by atoms with E-state index >= 15 is 0 Å². The third-order valence-electron chi connectivity index (χ3n) is 5.43. The molecule has 4 aromatic heterocycles. The maximum absolute atomic E-state index is 10.2. The first kappa shape index (κ1) is 30.5. The zero-order valence-corrected chi connectivity index (χ0v) is 22.5. The molecule has 0 saturated carbocycles. The molecule has 208 valence electrons. The molecule has 0 radical (unpaired) electrons. The molecule has 0 spiro atoms. The summed E-state index contributed by atoms with van der Waals surface area (Å²) in [6.45, 7) is 0. The number of benzene rings is 2. The van der Waals surface area contributed by atoms with Crippen LogP contribution in [0.25, 0.3) is 22.3 Å². The number of pyridine rings is 4. The van der Waals surface area contributed by atoms with Crippen molar-refractivity contribution < 1.29 is 19.8 Å². The van der Waals surface area contributed by atoms with E-state index in [-0.39, 0.29) is 0 Å². The van der Waals surface area contributed by atoms with Gasteiger partial charge < -0.3 is 10.2 Å². The Balaban J connectivity index is 0.000000155. The summed E-state index contributed by atoms with van der Waals surface area (Å²) in [6, 6.07) is 32.4. The van der Waals surface area contributed by atoms with Gasteiger partial charge in [-0.15, -0.1) is 0 Å². The highest BCUT2D eigenvalue weighted by atomic mass is 16.4. The summed E-state index contributed by atoms with van der Waals surface area (Å²) in [6.07, 6.45) is 14.3. The minimum atomic E-state index is -0.879. The number of carboxylic acid groups (broad SMARTS) is 2. The van der Waals surface area contributed by atoms with Gasteiger partial charge in [0, 0.05) is 49.6 Å². The number of carbonyl (C=O) groups is 2. The molecule has 0 bridgehead atoms. The van der Waals surface area contributed by atoms with Gasteiger partial charge in [-0.3, -0.25) is 19.9 Å². The normalized spacial score (nSPS) is 9.33. The van der Waals surface area contributed by atoms with Gasteiger partial charge in [0.1, 0.15) is 0 Å². The first-order valence-corrected chi connectivity index (χ1v) is 12.7. The Morgan fingerprint density at radius 2 is 0.571 bits per heavy atom. The van der Waals surface area contributed by atoms with E-state index in [4.69, 9.17) is 10.2 Å². The van der Waals surface area contributed by atoms with Crippen molar-refractivity contribution >= 4 is 11.9 Å². The van der Waals surface area contributed by atoms with Crippen LogP contribution in [-0.4, -0.2) is 42.1 Å². The fourth-order valence-electron chi connectivity index (χ4n) is 3.34. The van der Waals surface area contributed by atoms with E-state index in [1.165, 1.54) is 22.3 Å². The maximum atomic E-state index is 10.2. The molecule has 4 heterocycles. The second-order valence-corrected chi connectivity index (χ2v) is 8.29. The molecule has 0 aliphatic heterocycles. The van der Waals surface area contributed by atoms with Crippen LogP contribution in [0.3, 0.4) is 0 Å². The van der Waals surface area contributed by atoms with Crippen LogP contribution in [-0.2, 0) is 0 Å². The van der Waals surface area contributed by atoms with Crippen LogP contribution in [0, 0.1) is 0 Å². The van der Waals surface area contributed by atoms with Crippen molar-refractivity contribution in [3.63, 3.8) is 0 Å². The van der Waals surface area contributed by atoms with Crippen LogP contribution in [0.4, 0.5) is 0 Å². The Bertz CT molecular complexity index is 1390. The molecule has 0 aliphatic rings. The Hall–Kier alpha value is -6.02. The van der Waals surface area contributed by atoms with E-state index in [0.29, 0.717) is 11.1 Å². The lowest BCUT2D eigenvalue weighted by Gasteiger charge is -1.97. The van der Waals surface area contributed by atoms with Crippen LogP contribution in [0.15, 0.2) is 159 Å². The van der Waals surface area contributed by atoms with E-state index < -0.39 is 11.9 Å². The van der Waals surface area contributed by atoms with Gasteiger partial charge in [0.15, 0.2) is 0 Å². The molecule has 6 rings (SSSR count). The van der Waals surface area contributed by atoms with Crippen molar-refractivity contribution in [2.45, 2.75) is 0 Å². The minimum absolute atomic E-state index is 0.331. The molecule has 6 aromatic rings. The third-order valence-corrected chi connectivity index (χ3v) is 5.43. The molecular formula is C34H28N4O4. The highest BCUT2D eigenvalue weighted by Crippen LogP contribution is 2.16. The lowest BCUT2D eigenvalue weighted by Crippen LogP contribution is -1.93. The Labute approximate surface area is 243 Å². The van der Waals surface area contributed by atoms with Crippen molar-refractivity contribution in [1.29, 1.82) is 0 Å². The molecule has 0 saturated heterocycles. The molecule has 0 atom stereocenters. The summed E-state index contributed by atoms with van der Waals surface area (Å²) >= 11 is 0. The SMILES string of the molecule is O=C(O)c1ccccc1.O=C(O)c1ccccc1.c1cc(-c2ccncc2)ccn1.c1cc(-c2ccncc2)ccn1. The Morgan fingerprint density at radius 3 is 0.738 bits per heavy atom. The summed E-state index contributed by atoms with van der Waals surface area (Å²) < 4.78 is 0. The number of aromatic carboxylic acids is 2. The predicted octanol–water partition coefficient (Wildman–Crippen LogP) is 7.06. The molecular weight excluding hydrogens is 528 g/mol. The lowest BCUT2D eigenvalue weighted by molar-refractivity contribution is 0.0686. The summed E-state index contributed by atoms with van der Waals surface area (Å²) in [5.74, 6) is -1.76. The first-order valence-electron chi connectivity index (χ1n) is 12.7. The van der Waals surface area contributed by atoms with Crippen LogP contribution in [0.5, 0.6) is 0 Å². The van der Waals surface area contributed by atoms with Crippen molar-refractivity contribution in [1.82, 2.24) is 19.9 Å². The average Bonchev–Trinajstić information content (AvgIpc) is 3.08. The monoisotopic (exact) mass is 556 g/mol. The molecule has 0 unspecified atom stereocenters. The van der Waals surface area contributed by atoms with Crippen LogP contribution >= 0.6 is 0 Å². The molecule has 2 aromatic carbocycles. The van der Waals surface area contributed by atoms with Crippen molar-refractivity contribution in [3.05, 3.63) is 170 Å². The number of rotatable bonds is 4. The van der Waals surface area contributed by atoms with E-state index in [0.717, 1.165) is 0 Å². The van der Waals surface area contributed by atoms with Crippen molar-refractivity contribution in [3.8, 4) is 22.3 Å². The van der Waals surface area contributed by atoms with Gasteiger partial charge in [0.05, 0.1) is 11.1 Å². The summed E-state index contributed by atoms with van der Waals surface area (Å²) in [5, 5.41) is 16.8. The Kier molecular flexibility index (Phi) is 12.7. The third kappa shape index (κ3) is 11.0. The molecule has 0 fully saturated rings. The van der Waals surface area contributed by atoms with Crippen LogP contribution in [0.2, 0.25) is 0 Å². The number of hydrogen-bond acceptors (Lipinski definition) is 6. The molecule has 0 amide bonds. The lowest BCUT2D eigenvalue weighted by atomic mass is 10.1. The molecule has 42 heavy (non-hydrogen) atoms. The average molecular weight is 557 g/mol. The van der Waals surface area contributed by atoms with Crippen molar-refractivity contribution in [2.75, 3.05) is 0 Å². The fourth-order valence-corrected chi connectivity index (χ4v) is 3.34. The molecule has 2 N–H and O–H groups in total. The molecule has 8 heteroatoms. The number of nitrogens with zero attached hydrogens (tertiary/aromatic N) is 4. The van der Waals surface area contributed by atoms with E-state index in [1.807, 2.05) is 48.5 Å². The van der Waals surface area contributed by atoms with E-state index in [9.17, 15) is 9.59 Å². The Morgan fingerprint density at radius 1 is 0.357 bits per heavy atom. The summed E-state index contributed by atoms with van der Waals surface area (Å²) in [4.78, 5) is 36.2. The van der Waals surface area contributed by atoms with Crippen LogP contribution < -0.4 is 0 Å².